The minimum atomic E-state index is -0.335. The Balaban J connectivity index is 1.99. The molecule has 0 aromatic rings. The van der Waals surface area contributed by atoms with Gasteiger partial charge in [-0.15, -0.1) is 18.3 Å². The van der Waals surface area contributed by atoms with Gasteiger partial charge in [-0.2, -0.15) is 0 Å². The molecule has 21 heavy (non-hydrogen) atoms. The van der Waals surface area contributed by atoms with E-state index in [2.05, 4.69) is 11.6 Å². The molecule has 108 valence electrons. The van der Waals surface area contributed by atoms with E-state index in [1.807, 2.05) is 31.4 Å². The summed E-state index contributed by atoms with van der Waals surface area (Å²) in [6.45, 7) is 5.75. The predicted octanol–water partition coefficient (Wildman–Crippen LogP) is 3.25. The van der Waals surface area contributed by atoms with Gasteiger partial charge in [0.15, 0.2) is 0 Å². The zero-order chi connectivity index (χ0) is 15.0. The standard InChI is InChI=1S/C17H17NO2S/c1-3-4-10(2)12-9-14-15(17(20)16(12)19)11-5-6-13(11)18-7-8-21-14/h3,5-7,10,12H,1,4,8-9H2,2H3. The number of nitrogens with zero attached hydrogens (tertiary/aromatic N) is 1. The molecule has 0 N–H and O–H groups in total. The Bertz CT molecular complexity index is 652. The van der Waals surface area contributed by atoms with E-state index in [9.17, 15) is 9.59 Å². The Morgan fingerprint density at radius 2 is 2.29 bits per heavy atom. The van der Waals surface area contributed by atoms with Crippen molar-refractivity contribution < 1.29 is 9.59 Å². The van der Waals surface area contributed by atoms with E-state index in [1.165, 1.54) is 0 Å². The van der Waals surface area contributed by atoms with Crippen molar-refractivity contribution in [3.63, 3.8) is 0 Å². The summed E-state index contributed by atoms with van der Waals surface area (Å²) in [6.07, 6.45) is 8.88. The number of carbonyl (C=O) groups excluding carboxylic acids is 2. The van der Waals surface area contributed by atoms with Gasteiger partial charge in [-0.05, 0) is 35.8 Å². The summed E-state index contributed by atoms with van der Waals surface area (Å²) in [4.78, 5) is 30.4. The van der Waals surface area contributed by atoms with Crippen LogP contribution in [0.4, 0.5) is 0 Å². The van der Waals surface area contributed by atoms with Gasteiger partial charge in [0.1, 0.15) is 0 Å². The number of carbonyl (C=O) groups is 2. The normalized spacial score (nSPS) is 25.9. The van der Waals surface area contributed by atoms with Crippen molar-refractivity contribution in [1.82, 2.24) is 0 Å². The number of hydrogen-bond donors (Lipinski definition) is 0. The summed E-state index contributed by atoms with van der Waals surface area (Å²) in [6, 6.07) is 0. The minimum absolute atomic E-state index is 0.151. The Kier molecular flexibility index (Phi) is 3.81. The zero-order valence-corrected chi connectivity index (χ0v) is 12.8. The molecule has 0 fully saturated rings. The number of hydrogen-bond acceptors (Lipinski definition) is 4. The SMILES string of the molecule is C=CCC(C)C1CC2=C(C(=O)C1=O)C1=C(C=C1)N=CCS2. The topological polar surface area (TPSA) is 46.5 Å². The number of fused-ring (bicyclic) bond motifs is 1. The Morgan fingerprint density at radius 1 is 1.48 bits per heavy atom. The number of ketones is 2. The predicted molar refractivity (Wildman–Crippen MR) is 86.2 cm³/mol. The van der Waals surface area contributed by atoms with Gasteiger partial charge < -0.3 is 0 Å². The zero-order valence-electron chi connectivity index (χ0n) is 12.0. The quantitative estimate of drug-likeness (QED) is 0.593. The van der Waals surface area contributed by atoms with Gasteiger partial charge in [0.2, 0.25) is 11.6 Å². The maximum absolute atomic E-state index is 12.6. The number of rotatable bonds is 3. The molecule has 0 bridgehead atoms. The maximum atomic E-state index is 12.6. The Morgan fingerprint density at radius 3 is 2.95 bits per heavy atom. The highest BCUT2D eigenvalue weighted by molar-refractivity contribution is 8.03. The molecule has 0 amide bonds. The molecule has 0 saturated heterocycles. The van der Waals surface area contributed by atoms with Crippen molar-refractivity contribution in [3.05, 3.63) is 46.6 Å². The van der Waals surface area contributed by atoms with Crippen LogP contribution in [-0.4, -0.2) is 23.5 Å². The van der Waals surface area contributed by atoms with Gasteiger partial charge >= 0.3 is 0 Å². The van der Waals surface area contributed by atoms with E-state index >= 15 is 0 Å². The molecule has 2 aliphatic carbocycles. The van der Waals surface area contributed by atoms with Crippen LogP contribution in [0, 0.1) is 11.8 Å². The third-order valence-corrected chi connectivity index (χ3v) is 5.25. The lowest BCUT2D eigenvalue weighted by Gasteiger charge is -2.30. The van der Waals surface area contributed by atoms with Crippen LogP contribution in [0.5, 0.6) is 0 Å². The maximum Gasteiger partial charge on any atom is 0.230 e. The first-order chi connectivity index (χ1) is 10.1. The smallest absolute Gasteiger partial charge is 0.230 e. The molecule has 0 radical (unpaired) electrons. The van der Waals surface area contributed by atoms with Crippen LogP contribution in [0.25, 0.3) is 0 Å². The highest BCUT2D eigenvalue weighted by Crippen LogP contribution is 2.42. The lowest BCUT2D eigenvalue weighted by atomic mass is 9.75. The van der Waals surface area contributed by atoms with E-state index in [-0.39, 0.29) is 23.4 Å². The number of aliphatic imine (C=N–C) groups is 1. The number of thioether (sulfide) groups is 1. The highest BCUT2D eigenvalue weighted by Gasteiger charge is 2.40. The largest absolute Gasteiger partial charge is 0.290 e. The van der Waals surface area contributed by atoms with E-state index in [4.69, 9.17) is 0 Å². The summed E-state index contributed by atoms with van der Waals surface area (Å²) in [5.74, 6) is 0.0938. The average molecular weight is 299 g/mol. The molecule has 3 nitrogen and oxygen atoms in total. The minimum Gasteiger partial charge on any atom is -0.290 e. The van der Waals surface area contributed by atoms with E-state index in [0.717, 1.165) is 28.3 Å². The fourth-order valence-corrected chi connectivity index (χ4v) is 3.94. The van der Waals surface area contributed by atoms with Gasteiger partial charge in [0.25, 0.3) is 0 Å². The summed E-state index contributed by atoms with van der Waals surface area (Å²) in [7, 11) is 0. The van der Waals surface area contributed by atoms with Crippen LogP contribution in [-0.2, 0) is 9.59 Å². The summed E-state index contributed by atoms with van der Waals surface area (Å²) < 4.78 is 0. The summed E-state index contributed by atoms with van der Waals surface area (Å²) in [5, 5.41) is 0. The molecule has 4 heteroatoms. The molecule has 0 saturated carbocycles. The van der Waals surface area contributed by atoms with Crippen molar-refractivity contribution in [2.75, 3.05) is 5.75 Å². The second kappa shape index (κ2) is 5.60. The third kappa shape index (κ3) is 2.38. The van der Waals surface area contributed by atoms with Crippen LogP contribution >= 0.6 is 11.8 Å². The molecule has 0 aromatic carbocycles. The van der Waals surface area contributed by atoms with Gasteiger partial charge in [-0.3, -0.25) is 14.6 Å². The first-order valence-electron chi connectivity index (χ1n) is 7.14. The fourth-order valence-electron chi connectivity index (χ4n) is 2.94. The first-order valence-corrected chi connectivity index (χ1v) is 8.12. The average Bonchev–Trinajstić information content (AvgIpc) is 2.43. The Hall–Kier alpha value is -1.68. The summed E-state index contributed by atoms with van der Waals surface area (Å²) in [5.41, 5.74) is 2.25. The van der Waals surface area contributed by atoms with Gasteiger partial charge in [0.05, 0.1) is 5.70 Å². The van der Waals surface area contributed by atoms with Gasteiger partial charge in [-0.1, -0.05) is 13.0 Å². The molecule has 3 aliphatic rings. The van der Waals surface area contributed by atoms with Gasteiger partial charge in [-0.25, -0.2) is 0 Å². The second-order valence-electron chi connectivity index (χ2n) is 5.56. The van der Waals surface area contributed by atoms with Crippen LogP contribution in [0.15, 0.2) is 51.5 Å². The molecule has 2 unspecified atom stereocenters. The van der Waals surface area contributed by atoms with Crippen LogP contribution in [0.1, 0.15) is 19.8 Å². The molecular formula is C17H17NO2S. The molecule has 2 atom stereocenters. The van der Waals surface area contributed by atoms with E-state index in [1.54, 1.807) is 11.8 Å². The molecule has 0 spiro atoms. The Labute approximate surface area is 128 Å². The second-order valence-corrected chi connectivity index (χ2v) is 6.67. The fraction of sp³-hybridized carbons (Fsp3) is 0.353. The lowest BCUT2D eigenvalue weighted by Crippen LogP contribution is -2.35. The van der Waals surface area contributed by atoms with Gasteiger partial charge in [0, 0.05) is 29.0 Å². The van der Waals surface area contributed by atoms with Crippen LogP contribution in [0.3, 0.4) is 0 Å². The number of Topliss-reactive ketones (excluding diaryl/α,β-unsaturated/α-hetero) is 2. The van der Waals surface area contributed by atoms with E-state index < -0.39 is 0 Å². The lowest BCUT2D eigenvalue weighted by molar-refractivity contribution is -0.138. The highest BCUT2D eigenvalue weighted by atomic mass is 32.2. The molecular weight excluding hydrogens is 282 g/mol. The van der Waals surface area contributed by atoms with Crippen molar-refractivity contribution in [2.24, 2.45) is 16.8 Å². The van der Waals surface area contributed by atoms with Crippen LogP contribution in [0.2, 0.25) is 0 Å². The van der Waals surface area contributed by atoms with Crippen molar-refractivity contribution in [3.8, 4) is 0 Å². The monoisotopic (exact) mass is 299 g/mol. The summed E-state index contributed by atoms with van der Waals surface area (Å²) >= 11 is 1.63. The van der Waals surface area contributed by atoms with Crippen molar-refractivity contribution >= 4 is 29.5 Å². The molecule has 1 aliphatic heterocycles. The first kappa shape index (κ1) is 14.3. The van der Waals surface area contributed by atoms with Crippen molar-refractivity contribution in [2.45, 2.75) is 19.8 Å². The van der Waals surface area contributed by atoms with Crippen molar-refractivity contribution in [1.29, 1.82) is 0 Å². The molecule has 1 heterocycles. The van der Waals surface area contributed by atoms with Crippen LogP contribution < -0.4 is 0 Å². The number of allylic oxidation sites excluding steroid dienone is 6. The van der Waals surface area contributed by atoms with E-state index in [0.29, 0.717) is 12.0 Å². The molecule has 3 rings (SSSR count). The molecule has 0 aromatic heterocycles. The third-order valence-electron chi connectivity index (χ3n) is 4.21.